The molecule has 3 aromatic heterocycles. The van der Waals surface area contributed by atoms with Gasteiger partial charge in [-0.05, 0) is 58.6 Å². The van der Waals surface area contributed by atoms with Gasteiger partial charge >= 0.3 is 0 Å². The van der Waals surface area contributed by atoms with Crippen LogP contribution < -0.4 is 0 Å². The average molecular weight is 740 g/mol. The Morgan fingerprint density at radius 3 is 1.60 bits per heavy atom. The van der Waals surface area contributed by atoms with E-state index in [2.05, 4.69) is 173 Å². The Morgan fingerprint density at radius 1 is 0.310 bits per heavy atom. The normalized spacial score (nSPS) is 11.8. The number of rotatable bonds is 5. The molecule has 0 aliphatic carbocycles. The Bertz CT molecular complexity index is 3490. The van der Waals surface area contributed by atoms with E-state index in [0.29, 0.717) is 17.5 Å². The van der Waals surface area contributed by atoms with Crippen LogP contribution in [0.15, 0.2) is 200 Å². The molecule has 9 aromatic carbocycles. The summed E-state index contributed by atoms with van der Waals surface area (Å²) >= 11 is 0. The van der Waals surface area contributed by atoms with Crippen LogP contribution in [0.5, 0.6) is 0 Å². The largest absolute Gasteiger partial charge is 0.309 e. The molecule has 3 heterocycles. The second-order valence-corrected chi connectivity index (χ2v) is 14.8. The Kier molecular flexibility index (Phi) is 7.16. The molecule has 5 heteroatoms. The lowest BCUT2D eigenvalue weighted by molar-refractivity contribution is 1.08. The minimum atomic E-state index is 0.633. The highest BCUT2D eigenvalue weighted by molar-refractivity contribution is 6.25. The smallest absolute Gasteiger partial charge is 0.164 e. The quantitative estimate of drug-likeness (QED) is 0.177. The first-order valence-corrected chi connectivity index (χ1v) is 19.6. The Hall–Kier alpha value is -7.89. The molecule has 12 rings (SSSR count). The molecular formula is C53H33N5. The molecule has 0 aliphatic rings. The van der Waals surface area contributed by atoms with E-state index in [-0.39, 0.29) is 0 Å². The predicted molar refractivity (Wildman–Crippen MR) is 240 cm³/mol. The van der Waals surface area contributed by atoms with Crippen LogP contribution >= 0.6 is 0 Å². The fraction of sp³-hybridized carbons (Fsp3) is 0. The second-order valence-electron chi connectivity index (χ2n) is 14.8. The molecule has 0 bridgehead atoms. The third-order valence-electron chi connectivity index (χ3n) is 11.5. The molecule has 0 saturated carbocycles. The van der Waals surface area contributed by atoms with Gasteiger partial charge in [0.2, 0.25) is 0 Å². The first-order valence-electron chi connectivity index (χ1n) is 19.6. The number of para-hydroxylation sites is 2. The first-order chi connectivity index (χ1) is 28.8. The summed E-state index contributed by atoms with van der Waals surface area (Å²) in [6.07, 6.45) is 0. The van der Waals surface area contributed by atoms with Crippen molar-refractivity contribution in [2.75, 3.05) is 0 Å². The summed E-state index contributed by atoms with van der Waals surface area (Å²) in [4.78, 5) is 15.4. The lowest BCUT2D eigenvalue weighted by atomic mass is 9.98. The van der Waals surface area contributed by atoms with Gasteiger partial charge in [0, 0.05) is 55.0 Å². The van der Waals surface area contributed by atoms with Crippen LogP contribution in [0.2, 0.25) is 0 Å². The van der Waals surface area contributed by atoms with Crippen molar-refractivity contribution in [1.29, 1.82) is 0 Å². The topological polar surface area (TPSA) is 48.5 Å². The first kappa shape index (κ1) is 32.4. The Balaban J connectivity index is 1.19. The van der Waals surface area contributed by atoms with Crippen molar-refractivity contribution < 1.29 is 0 Å². The molecule has 12 aromatic rings. The number of hydrogen-bond donors (Lipinski definition) is 0. The van der Waals surface area contributed by atoms with Crippen LogP contribution in [0.4, 0.5) is 0 Å². The van der Waals surface area contributed by atoms with Gasteiger partial charge in [-0.1, -0.05) is 158 Å². The molecule has 0 radical (unpaired) electrons. The Morgan fingerprint density at radius 2 is 0.879 bits per heavy atom. The molecule has 0 saturated heterocycles. The maximum absolute atomic E-state index is 5.21. The third kappa shape index (κ3) is 4.93. The zero-order chi connectivity index (χ0) is 38.2. The van der Waals surface area contributed by atoms with Crippen LogP contribution in [0, 0.1) is 0 Å². The fourth-order valence-electron chi connectivity index (χ4n) is 8.98. The van der Waals surface area contributed by atoms with E-state index in [1.807, 2.05) is 36.4 Å². The van der Waals surface area contributed by atoms with E-state index in [0.717, 1.165) is 49.9 Å². The summed E-state index contributed by atoms with van der Waals surface area (Å²) in [5.74, 6) is 1.91. The summed E-state index contributed by atoms with van der Waals surface area (Å²) in [6.45, 7) is 0. The molecule has 5 nitrogen and oxygen atoms in total. The van der Waals surface area contributed by atoms with E-state index in [1.165, 1.54) is 43.4 Å². The molecule has 0 unspecified atom stereocenters. The van der Waals surface area contributed by atoms with Gasteiger partial charge in [-0.3, -0.25) is 0 Å². The van der Waals surface area contributed by atoms with Crippen LogP contribution in [0.25, 0.3) is 111 Å². The van der Waals surface area contributed by atoms with Crippen molar-refractivity contribution in [2.45, 2.75) is 0 Å². The minimum Gasteiger partial charge on any atom is -0.309 e. The SMILES string of the molecule is c1ccc(-c2nc(-c3ccccc3)nc(-c3cc4c(c5ccccc35)c3cc(-n5c6ccccc6c6ccc7ccccc7c65)ccc3n4-c3ccccc3)n2)cc1. The zero-order valence-corrected chi connectivity index (χ0v) is 31.3. The molecule has 0 spiro atoms. The highest BCUT2D eigenvalue weighted by atomic mass is 15.0. The summed E-state index contributed by atoms with van der Waals surface area (Å²) in [5, 5.41) is 9.54. The van der Waals surface area contributed by atoms with Gasteiger partial charge in [-0.2, -0.15) is 0 Å². The van der Waals surface area contributed by atoms with Crippen LogP contribution in [-0.2, 0) is 0 Å². The van der Waals surface area contributed by atoms with Crippen LogP contribution in [-0.4, -0.2) is 24.1 Å². The molecule has 270 valence electrons. The number of hydrogen-bond acceptors (Lipinski definition) is 3. The number of aromatic nitrogens is 5. The monoisotopic (exact) mass is 739 g/mol. The summed E-state index contributed by atoms with van der Waals surface area (Å²) in [5.41, 5.74) is 9.66. The molecular weight excluding hydrogens is 707 g/mol. The molecule has 0 amide bonds. The molecule has 0 atom stereocenters. The van der Waals surface area contributed by atoms with Crippen molar-refractivity contribution >= 4 is 65.2 Å². The average Bonchev–Trinajstić information content (AvgIpc) is 3.82. The number of nitrogens with zero attached hydrogens (tertiary/aromatic N) is 5. The highest BCUT2D eigenvalue weighted by Crippen LogP contribution is 2.43. The lowest BCUT2D eigenvalue weighted by Gasteiger charge is -2.13. The molecule has 58 heavy (non-hydrogen) atoms. The van der Waals surface area contributed by atoms with E-state index in [4.69, 9.17) is 15.0 Å². The van der Waals surface area contributed by atoms with Crippen molar-refractivity contribution in [3.8, 4) is 45.5 Å². The Labute approximate surface area is 333 Å². The third-order valence-corrected chi connectivity index (χ3v) is 11.5. The molecule has 0 aliphatic heterocycles. The van der Waals surface area contributed by atoms with Gasteiger partial charge in [0.15, 0.2) is 17.5 Å². The van der Waals surface area contributed by atoms with Crippen LogP contribution in [0.3, 0.4) is 0 Å². The molecule has 0 N–H and O–H groups in total. The number of benzene rings is 9. The summed E-state index contributed by atoms with van der Waals surface area (Å²) in [7, 11) is 0. The van der Waals surface area contributed by atoms with Gasteiger partial charge in [0.1, 0.15) is 0 Å². The van der Waals surface area contributed by atoms with Crippen molar-refractivity contribution in [1.82, 2.24) is 24.1 Å². The lowest BCUT2D eigenvalue weighted by Crippen LogP contribution is -2.01. The van der Waals surface area contributed by atoms with Crippen LogP contribution in [0.1, 0.15) is 0 Å². The summed E-state index contributed by atoms with van der Waals surface area (Å²) in [6, 6.07) is 70.9. The summed E-state index contributed by atoms with van der Waals surface area (Å²) < 4.78 is 4.85. The zero-order valence-electron chi connectivity index (χ0n) is 31.3. The highest BCUT2D eigenvalue weighted by Gasteiger charge is 2.22. The maximum atomic E-state index is 5.21. The standard InChI is InChI=1S/C53H33N5/c1-4-17-35(18-5-1)51-54-52(36-19-6-2-7-20-36)56-53(55-51)44-33-48-49(42-26-13-12-24-40(42)44)45-32-38(29-31-47(45)57(48)37-21-8-3-9-22-37)58-46-27-15-14-25-41(46)43-30-28-34-16-10-11-23-39(34)50(43)58/h1-33H. The van der Waals surface area contributed by atoms with Crippen molar-refractivity contribution in [2.24, 2.45) is 0 Å². The van der Waals surface area contributed by atoms with Gasteiger partial charge < -0.3 is 9.13 Å². The van der Waals surface area contributed by atoms with Gasteiger partial charge in [0.05, 0.1) is 22.1 Å². The number of fused-ring (bicyclic) bond motifs is 10. The van der Waals surface area contributed by atoms with E-state index in [1.54, 1.807) is 0 Å². The van der Waals surface area contributed by atoms with Crippen molar-refractivity contribution in [3.05, 3.63) is 200 Å². The minimum absolute atomic E-state index is 0.633. The fourth-order valence-corrected chi connectivity index (χ4v) is 8.98. The van der Waals surface area contributed by atoms with E-state index < -0.39 is 0 Å². The van der Waals surface area contributed by atoms with Crippen molar-refractivity contribution in [3.63, 3.8) is 0 Å². The maximum Gasteiger partial charge on any atom is 0.164 e. The van der Waals surface area contributed by atoms with Gasteiger partial charge in [0.25, 0.3) is 0 Å². The predicted octanol–water partition coefficient (Wildman–Crippen LogP) is 13.4. The second kappa shape index (κ2) is 12.8. The van der Waals surface area contributed by atoms with Gasteiger partial charge in [-0.15, -0.1) is 0 Å². The van der Waals surface area contributed by atoms with E-state index >= 15 is 0 Å². The van der Waals surface area contributed by atoms with Gasteiger partial charge in [-0.25, -0.2) is 15.0 Å². The molecule has 0 fully saturated rings. The van der Waals surface area contributed by atoms with E-state index in [9.17, 15) is 0 Å².